The topological polar surface area (TPSA) is 15.3 Å². The Kier molecular flexibility index (Phi) is 3.45. The van der Waals surface area contributed by atoms with Crippen LogP contribution in [0.3, 0.4) is 0 Å². The van der Waals surface area contributed by atoms with Gasteiger partial charge >= 0.3 is 0 Å². The van der Waals surface area contributed by atoms with Gasteiger partial charge in [0, 0.05) is 24.7 Å². The summed E-state index contributed by atoms with van der Waals surface area (Å²) in [5.41, 5.74) is 0. The molecule has 0 aromatic carbocycles. The Morgan fingerprint density at radius 1 is 0.941 bits per heavy atom. The van der Waals surface area contributed by atoms with Gasteiger partial charge in [0.2, 0.25) is 0 Å². The first-order valence-electron chi connectivity index (χ1n) is 7.72. The third-order valence-electron chi connectivity index (χ3n) is 5.23. The second kappa shape index (κ2) is 4.89. The quantitative estimate of drug-likeness (QED) is 0.793. The molecule has 4 atom stereocenters. The van der Waals surface area contributed by atoms with Gasteiger partial charge in [-0.05, 0) is 56.9 Å². The SMILES string of the molecule is CC1CC(C)CC(NC2CCN3CCCC23)C1. The molecule has 2 nitrogen and oxygen atoms in total. The molecular formula is C15H28N2. The van der Waals surface area contributed by atoms with Crippen molar-refractivity contribution >= 4 is 0 Å². The molecule has 1 saturated carbocycles. The maximum atomic E-state index is 4.01. The standard InChI is InChI=1S/C15H28N2/c1-11-8-12(2)10-13(9-11)16-14-5-7-17-6-3-4-15(14)17/h11-16H,3-10H2,1-2H3. The molecule has 2 heterocycles. The number of hydrogen-bond acceptors (Lipinski definition) is 2. The summed E-state index contributed by atoms with van der Waals surface area (Å²) in [7, 11) is 0. The summed E-state index contributed by atoms with van der Waals surface area (Å²) in [5.74, 6) is 1.86. The molecular weight excluding hydrogens is 208 g/mol. The van der Waals surface area contributed by atoms with Gasteiger partial charge in [0.05, 0.1) is 0 Å². The zero-order valence-electron chi connectivity index (χ0n) is 11.5. The molecule has 98 valence electrons. The molecule has 0 radical (unpaired) electrons. The second-order valence-corrected chi connectivity index (χ2v) is 6.92. The van der Waals surface area contributed by atoms with Crippen LogP contribution in [0.15, 0.2) is 0 Å². The van der Waals surface area contributed by atoms with Crippen LogP contribution >= 0.6 is 0 Å². The lowest BCUT2D eigenvalue weighted by Crippen LogP contribution is -2.47. The number of nitrogens with one attached hydrogen (secondary N) is 1. The first kappa shape index (κ1) is 12.0. The van der Waals surface area contributed by atoms with E-state index in [0.717, 1.165) is 30.0 Å². The van der Waals surface area contributed by atoms with E-state index in [4.69, 9.17) is 0 Å². The molecule has 0 aromatic rings. The smallest absolute Gasteiger partial charge is 0.0250 e. The highest BCUT2D eigenvalue weighted by atomic mass is 15.2. The summed E-state index contributed by atoms with van der Waals surface area (Å²) >= 11 is 0. The molecule has 1 N–H and O–H groups in total. The lowest BCUT2D eigenvalue weighted by atomic mass is 9.80. The Morgan fingerprint density at radius 3 is 2.47 bits per heavy atom. The molecule has 1 aliphatic carbocycles. The van der Waals surface area contributed by atoms with E-state index in [0.29, 0.717) is 0 Å². The van der Waals surface area contributed by atoms with E-state index in [9.17, 15) is 0 Å². The van der Waals surface area contributed by atoms with E-state index in [-0.39, 0.29) is 0 Å². The van der Waals surface area contributed by atoms with E-state index in [2.05, 4.69) is 24.1 Å². The number of rotatable bonds is 2. The number of nitrogens with zero attached hydrogens (tertiary/aromatic N) is 1. The minimum atomic E-state index is 0.805. The van der Waals surface area contributed by atoms with Gasteiger partial charge in [-0.3, -0.25) is 4.90 Å². The number of fused-ring (bicyclic) bond motifs is 1. The van der Waals surface area contributed by atoms with Crippen LogP contribution < -0.4 is 5.32 Å². The fraction of sp³-hybridized carbons (Fsp3) is 1.00. The molecule has 3 rings (SSSR count). The minimum Gasteiger partial charge on any atom is -0.310 e. The molecule has 0 aromatic heterocycles. The van der Waals surface area contributed by atoms with Gasteiger partial charge in [0.1, 0.15) is 0 Å². The fourth-order valence-electron chi connectivity index (χ4n) is 4.66. The van der Waals surface area contributed by atoms with Crippen LogP contribution in [0.5, 0.6) is 0 Å². The van der Waals surface area contributed by atoms with Crippen LogP contribution in [0.2, 0.25) is 0 Å². The monoisotopic (exact) mass is 236 g/mol. The van der Waals surface area contributed by atoms with Crippen molar-refractivity contribution in [3.8, 4) is 0 Å². The average Bonchev–Trinajstić information content (AvgIpc) is 2.81. The van der Waals surface area contributed by atoms with Crippen molar-refractivity contribution < 1.29 is 0 Å². The lowest BCUT2D eigenvalue weighted by molar-refractivity contribution is 0.211. The van der Waals surface area contributed by atoms with Crippen molar-refractivity contribution in [3.63, 3.8) is 0 Å². The normalized spacial score (nSPS) is 47.3. The third kappa shape index (κ3) is 2.53. The summed E-state index contributed by atoms with van der Waals surface area (Å²) in [6.45, 7) is 7.57. The maximum Gasteiger partial charge on any atom is 0.0250 e. The predicted octanol–water partition coefficient (Wildman–Crippen LogP) is 2.64. The molecule has 0 amide bonds. The van der Waals surface area contributed by atoms with Crippen LogP contribution in [0, 0.1) is 11.8 Å². The van der Waals surface area contributed by atoms with Crippen molar-refractivity contribution in [2.75, 3.05) is 13.1 Å². The summed E-state index contributed by atoms with van der Waals surface area (Å²) in [5, 5.41) is 4.01. The summed E-state index contributed by atoms with van der Waals surface area (Å²) in [6, 6.07) is 2.49. The van der Waals surface area contributed by atoms with Gasteiger partial charge in [-0.25, -0.2) is 0 Å². The van der Waals surface area contributed by atoms with Crippen LogP contribution in [0.4, 0.5) is 0 Å². The van der Waals surface area contributed by atoms with Crippen molar-refractivity contribution in [2.45, 2.75) is 70.5 Å². The van der Waals surface area contributed by atoms with Gasteiger partial charge in [-0.2, -0.15) is 0 Å². The molecule has 0 spiro atoms. The Labute approximate surface area is 106 Å². The van der Waals surface area contributed by atoms with Crippen LogP contribution in [0.25, 0.3) is 0 Å². The molecule has 3 fully saturated rings. The highest BCUT2D eigenvalue weighted by Crippen LogP contribution is 2.32. The van der Waals surface area contributed by atoms with E-state index < -0.39 is 0 Å². The van der Waals surface area contributed by atoms with Crippen molar-refractivity contribution in [2.24, 2.45) is 11.8 Å². The van der Waals surface area contributed by atoms with Gasteiger partial charge in [0.15, 0.2) is 0 Å². The first-order chi connectivity index (χ1) is 8.22. The highest BCUT2D eigenvalue weighted by molar-refractivity contribution is 4.97. The van der Waals surface area contributed by atoms with Gasteiger partial charge in [0.25, 0.3) is 0 Å². The van der Waals surface area contributed by atoms with Gasteiger partial charge in [-0.1, -0.05) is 13.8 Å². The van der Waals surface area contributed by atoms with Crippen molar-refractivity contribution in [3.05, 3.63) is 0 Å². The van der Waals surface area contributed by atoms with Crippen LogP contribution in [-0.4, -0.2) is 36.1 Å². The lowest BCUT2D eigenvalue weighted by Gasteiger charge is -2.35. The minimum absolute atomic E-state index is 0.805. The Bertz CT molecular complexity index is 256. The summed E-state index contributed by atoms with van der Waals surface area (Å²) in [6.07, 6.45) is 8.53. The van der Waals surface area contributed by atoms with Crippen LogP contribution in [0.1, 0.15) is 52.4 Å². The van der Waals surface area contributed by atoms with Gasteiger partial charge < -0.3 is 5.32 Å². The molecule has 3 aliphatic rings. The second-order valence-electron chi connectivity index (χ2n) is 6.92. The number of hydrogen-bond donors (Lipinski definition) is 1. The predicted molar refractivity (Wildman–Crippen MR) is 72.1 cm³/mol. The Hall–Kier alpha value is -0.0800. The van der Waals surface area contributed by atoms with E-state index in [1.54, 1.807) is 0 Å². The van der Waals surface area contributed by atoms with E-state index in [1.807, 2.05) is 0 Å². The molecule has 2 heteroatoms. The molecule has 0 bridgehead atoms. The van der Waals surface area contributed by atoms with Crippen molar-refractivity contribution in [1.29, 1.82) is 0 Å². The largest absolute Gasteiger partial charge is 0.310 e. The first-order valence-corrected chi connectivity index (χ1v) is 7.72. The summed E-state index contributed by atoms with van der Waals surface area (Å²) in [4.78, 5) is 2.72. The zero-order chi connectivity index (χ0) is 11.8. The van der Waals surface area contributed by atoms with Crippen molar-refractivity contribution in [1.82, 2.24) is 10.2 Å². The highest BCUT2D eigenvalue weighted by Gasteiger charge is 2.38. The molecule has 4 unspecified atom stereocenters. The molecule has 17 heavy (non-hydrogen) atoms. The molecule has 2 saturated heterocycles. The van der Waals surface area contributed by atoms with Gasteiger partial charge in [-0.15, -0.1) is 0 Å². The van der Waals surface area contributed by atoms with E-state index in [1.165, 1.54) is 51.6 Å². The zero-order valence-corrected chi connectivity index (χ0v) is 11.5. The average molecular weight is 236 g/mol. The Balaban J connectivity index is 1.56. The summed E-state index contributed by atoms with van der Waals surface area (Å²) < 4.78 is 0. The molecule has 2 aliphatic heterocycles. The third-order valence-corrected chi connectivity index (χ3v) is 5.23. The van der Waals surface area contributed by atoms with E-state index >= 15 is 0 Å². The fourth-order valence-corrected chi connectivity index (χ4v) is 4.66. The maximum absolute atomic E-state index is 4.01. The van der Waals surface area contributed by atoms with Crippen LogP contribution in [-0.2, 0) is 0 Å². The Morgan fingerprint density at radius 2 is 1.71 bits per heavy atom.